The van der Waals surface area contributed by atoms with Crippen molar-refractivity contribution in [3.63, 3.8) is 0 Å². The van der Waals surface area contributed by atoms with Gasteiger partial charge < -0.3 is 15.1 Å². The summed E-state index contributed by atoms with van der Waals surface area (Å²) in [5.41, 5.74) is 2.38. The molecule has 31 heavy (non-hydrogen) atoms. The Kier molecular flexibility index (Phi) is 7.62. The lowest BCUT2D eigenvalue weighted by Crippen LogP contribution is -2.35. The number of benzene rings is 1. The molecule has 1 aromatic carbocycles. The maximum Gasteiger partial charge on any atom is 0.222 e. The van der Waals surface area contributed by atoms with Crippen LogP contribution >= 0.6 is 0 Å². The van der Waals surface area contributed by atoms with Crippen LogP contribution in [0.3, 0.4) is 0 Å². The number of likely N-dealkylation sites (tertiary alicyclic amines) is 1. The zero-order valence-corrected chi connectivity index (χ0v) is 18.5. The molecule has 0 radical (unpaired) electrons. The van der Waals surface area contributed by atoms with Crippen LogP contribution in [0.2, 0.25) is 0 Å². The van der Waals surface area contributed by atoms with Crippen molar-refractivity contribution in [3.8, 4) is 0 Å². The van der Waals surface area contributed by atoms with Gasteiger partial charge in [0.25, 0.3) is 0 Å². The zero-order chi connectivity index (χ0) is 21.6. The monoisotopic (exact) mass is 423 g/mol. The molecule has 1 amide bonds. The van der Waals surface area contributed by atoms with E-state index < -0.39 is 6.10 Å². The normalized spacial score (nSPS) is 29.2. The number of aliphatic hydroxyl groups is 2. The fraction of sp³-hybridized carbons (Fsp3) is 0.593. The Morgan fingerprint density at radius 2 is 1.90 bits per heavy atom. The molecule has 2 fully saturated rings. The third-order valence-electron chi connectivity index (χ3n) is 7.45. The number of rotatable bonds is 8. The highest BCUT2D eigenvalue weighted by Crippen LogP contribution is 2.48. The number of allylic oxidation sites excluding steroid dienone is 2. The summed E-state index contributed by atoms with van der Waals surface area (Å²) in [5.74, 6) is 1.34. The van der Waals surface area contributed by atoms with Crippen molar-refractivity contribution in [1.82, 2.24) is 4.90 Å². The van der Waals surface area contributed by atoms with Crippen molar-refractivity contribution in [2.75, 3.05) is 13.1 Å². The molecule has 5 atom stereocenters. The zero-order valence-electron chi connectivity index (χ0n) is 18.5. The second-order valence-electron chi connectivity index (χ2n) is 9.63. The molecule has 1 saturated carbocycles. The van der Waals surface area contributed by atoms with Gasteiger partial charge in [-0.2, -0.15) is 0 Å². The number of carbonyl (C=O) groups is 1. The summed E-state index contributed by atoms with van der Waals surface area (Å²) < 4.78 is 0. The van der Waals surface area contributed by atoms with E-state index in [0.29, 0.717) is 24.2 Å². The number of fused-ring (bicyclic) bond motifs is 1. The molecule has 0 bridgehead atoms. The van der Waals surface area contributed by atoms with E-state index in [0.717, 1.165) is 63.6 Å². The Morgan fingerprint density at radius 1 is 1.13 bits per heavy atom. The molecular formula is C27H37NO3. The molecule has 4 heteroatoms. The molecule has 2 aliphatic carbocycles. The molecule has 1 saturated heterocycles. The van der Waals surface area contributed by atoms with Crippen LogP contribution in [-0.4, -0.2) is 40.2 Å². The van der Waals surface area contributed by atoms with Crippen molar-refractivity contribution in [2.45, 2.75) is 70.0 Å². The molecule has 0 unspecified atom stereocenters. The highest BCUT2D eigenvalue weighted by molar-refractivity contribution is 5.76. The molecule has 3 aliphatic rings. The van der Waals surface area contributed by atoms with Gasteiger partial charge in [-0.15, -0.1) is 0 Å². The van der Waals surface area contributed by atoms with E-state index in [1.165, 1.54) is 12.0 Å². The molecule has 4 rings (SSSR count). The molecule has 2 N–H and O–H groups in total. The summed E-state index contributed by atoms with van der Waals surface area (Å²) in [6.07, 6.45) is 14.5. The van der Waals surface area contributed by atoms with Crippen LogP contribution in [0.25, 0.3) is 0 Å². The third-order valence-corrected chi connectivity index (χ3v) is 7.45. The maximum absolute atomic E-state index is 12.3. The second kappa shape index (κ2) is 10.6. The lowest BCUT2D eigenvalue weighted by molar-refractivity contribution is -0.132. The molecular weight excluding hydrogens is 386 g/mol. The molecule has 168 valence electrons. The standard InChI is InChI=1S/C27H37NO3/c29-25(21-10-3-1-4-11-21)14-13-23-24-18-20(17-22(24)19-26(23)30)9-5-6-12-27(31)28-15-7-2-8-16-28/h1,3-4,10-11,13-14,17,22-26,29-30H,2,5-9,12,15-16,18-19H2/t22-,23+,24-,25+,26+/m0/s1. The van der Waals surface area contributed by atoms with E-state index in [1.807, 2.05) is 47.4 Å². The molecule has 4 nitrogen and oxygen atoms in total. The van der Waals surface area contributed by atoms with Crippen molar-refractivity contribution < 1.29 is 15.0 Å². The summed E-state index contributed by atoms with van der Waals surface area (Å²) in [6.45, 7) is 1.90. The van der Waals surface area contributed by atoms with Crippen LogP contribution in [0.5, 0.6) is 0 Å². The molecule has 1 heterocycles. The molecule has 0 aromatic heterocycles. The van der Waals surface area contributed by atoms with Crippen LogP contribution in [0, 0.1) is 17.8 Å². The number of carbonyl (C=O) groups excluding carboxylic acids is 1. The van der Waals surface area contributed by atoms with Gasteiger partial charge in [-0.05, 0) is 68.8 Å². The minimum Gasteiger partial charge on any atom is -0.392 e. The SMILES string of the molecule is O=C(CCCCC1=C[C@H]2C[C@@H](O)[C@H](C=C[C@@H](O)c3ccccc3)[C@H]2C1)N1CCCCC1. The lowest BCUT2D eigenvalue weighted by atomic mass is 9.88. The average molecular weight is 424 g/mol. The Hall–Kier alpha value is -1.91. The van der Waals surface area contributed by atoms with Crippen molar-refractivity contribution >= 4 is 5.91 Å². The van der Waals surface area contributed by atoms with Crippen LogP contribution < -0.4 is 0 Å². The summed E-state index contributed by atoms with van der Waals surface area (Å²) in [7, 11) is 0. The van der Waals surface area contributed by atoms with Crippen molar-refractivity contribution in [3.05, 3.63) is 59.7 Å². The van der Waals surface area contributed by atoms with E-state index in [4.69, 9.17) is 0 Å². The van der Waals surface area contributed by atoms with E-state index >= 15 is 0 Å². The highest BCUT2D eigenvalue weighted by Gasteiger charge is 2.43. The Labute approximate surface area is 186 Å². The van der Waals surface area contributed by atoms with Gasteiger partial charge in [0.2, 0.25) is 5.91 Å². The van der Waals surface area contributed by atoms with Gasteiger partial charge in [0.05, 0.1) is 12.2 Å². The van der Waals surface area contributed by atoms with Gasteiger partial charge in [0, 0.05) is 25.4 Å². The number of nitrogens with zero attached hydrogens (tertiary/aromatic N) is 1. The van der Waals surface area contributed by atoms with Crippen molar-refractivity contribution in [1.29, 1.82) is 0 Å². The first-order valence-corrected chi connectivity index (χ1v) is 12.2. The molecule has 1 aromatic rings. The van der Waals surface area contributed by atoms with Gasteiger partial charge in [-0.3, -0.25) is 4.79 Å². The summed E-state index contributed by atoms with van der Waals surface area (Å²) in [5, 5.41) is 21.0. The number of unbranched alkanes of at least 4 members (excludes halogenated alkanes) is 1. The predicted molar refractivity (Wildman–Crippen MR) is 123 cm³/mol. The Balaban J connectivity index is 1.22. The lowest BCUT2D eigenvalue weighted by Gasteiger charge is -2.26. The fourth-order valence-corrected chi connectivity index (χ4v) is 5.72. The maximum atomic E-state index is 12.3. The Morgan fingerprint density at radius 3 is 2.68 bits per heavy atom. The third kappa shape index (κ3) is 5.67. The average Bonchev–Trinajstić information content (AvgIpc) is 3.32. The van der Waals surface area contributed by atoms with Gasteiger partial charge in [-0.1, -0.05) is 54.1 Å². The van der Waals surface area contributed by atoms with Crippen LogP contribution in [0.4, 0.5) is 0 Å². The number of amides is 1. The topological polar surface area (TPSA) is 60.8 Å². The van der Waals surface area contributed by atoms with Crippen molar-refractivity contribution in [2.24, 2.45) is 17.8 Å². The summed E-state index contributed by atoms with van der Waals surface area (Å²) in [4.78, 5) is 14.4. The summed E-state index contributed by atoms with van der Waals surface area (Å²) >= 11 is 0. The number of hydrogen-bond acceptors (Lipinski definition) is 3. The molecule has 0 spiro atoms. The van der Waals surface area contributed by atoms with E-state index in [9.17, 15) is 15.0 Å². The largest absolute Gasteiger partial charge is 0.392 e. The summed E-state index contributed by atoms with van der Waals surface area (Å²) in [6, 6.07) is 9.66. The Bertz CT molecular complexity index is 781. The van der Waals surface area contributed by atoms with E-state index in [1.54, 1.807) is 0 Å². The number of aliphatic hydroxyl groups excluding tert-OH is 2. The highest BCUT2D eigenvalue weighted by atomic mass is 16.3. The van der Waals surface area contributed by atoms with Crippen LogP contribution in [-0.2, 0) is 4.79 Å². The van der Waals surface area contributed by atoms with E-state index in [-0.39, 0.29) is 12.0 Å². The fourth-order valence-electron chi connectivity index (χ4n) is 5.72. The van der Waals surface area contributed by atoms with Gasteiger partial charge in [-0.25, -0.2) is 0 Å². The minimum absolute atomic E-state index is 0.109. The minimum atomic E-state index is -0.626. The van der Waals surface area contributed by atoms with Crippen LogP contribution in [0.15, 0.2) is 54.1 Å². The number of hydrogen-bond donors (Lipinski definition) is 2. The first-order chi connectivity index (χ1) is 15.1. The van der Waals surface area contributed by atoms with Gasteiger partial charge in [0.1, 0.15) is 0 Å². The van der Waals surface area contributed by atoms with Gasteiger partial charge >= 0.3 is 0 Å². The molecule has 1 aliphatic heterocycles. The first kappa shape index (κ1) is 22.3. The van der Waals surface area contributed by atoms with E-state index in [2.05, 4.69) is 6.08 Å². The van der Waals surface area contributed by atoms with Gasteiger partial charge in [0.15, 0.2) is 0 Å². The predicted octanol–water partition coefficient (Wildman–Crippen LogP) is 4.79. The second-order valence-corrected chi connectivity index (χ2v) is 9.63. The van der Waals surface area contributed by atoms with Crippen LogP contribution in [0.1, 0.15) is 69.5 Å². The quantitative estimate of drug-likeness (QED) is 0.467. The smallest absolute Gasteiger partial charge is 0.222 e. The first-order valence-electron chi connectivity index (χ1n) is 12.2. The number of piperidine rings is 1.